The molecule has 0 amide bonds. The van der Waals surface area contributed by atoms with Crippen molar-refractivity contribution in [3.8, 4) is 11.5 Å². The Morgan fingerprint density at radius 3 is 2.68 bits per heavy atom. The van der Waals surface area contributed by atoms with E-state index < -0.39 is 6.17 Å². The number of nitrogens with one attached hydrogen (secondary N) is 1. The second-order valence-corrected chi connectivity index (χ2v) is 8.50. The van der Waals surface area contributed by atoms with Gasteiger partial charge in [-0.2, -0.15) is 0 Å². The Labute approximate surface area is 193 Å². The molecule has 0 aliphatic carbocycles. The van der Waals surface area contributed by atoms with E-state index in [0.29, 0.717) is 28.3 Å². The predicted molar refractivity (Wildman–Crippen MR) is 125 cm³/mol. The summed E-state index contributed by atoms with van der Waals surface area (Å²) in [5.41, 5.74) is 3.35. The lowest BCUT2D eigenvalue weighted by atomic mass is 9.93. The summed E-state index contributed by atoms with van der Waals surface area (Å²) in [4.78, 5) is 4.89. The second-order valence-electron chi connectivity index (χ2n) is 7.21. The van der Waals surface area contributed by atoms with Crippen molar-refractivity contribution >= 4 is 33.2 Å². The lowest BCUT2D eigenvalue weighted by molar-refractivity contribution is 0.313. The van der Waals surface area contributed by atoms with Crippen LogP contribution in [0.25, 0.3) is 0 Å². The van der Waals surface area contributed by atoms with E-state index in [1.165, 1.54) is 6.07 Å². The number of rotatable bonds is 5. The van der Waals surface area contributed by atoms with Crippen molar-refractivity contribution in [3.05, 3.63) is 92.7 Å². The third kappa shape index (κ3) is 4.76. The van der Waals surface area contributed by atoms with Gasteiger partial charge < -0.3 is 9.84 Å². The van der Waals surface area contributed by atoms with Gasteiger partial charge in [-0.25, -0.2) is 4.39 Å². The molecule has 31 heavy (non-hydrogen) atoms. The Morgan fingerprint density at radius 1 is 1.19 bits per heavy atom. The molecule has 2 N–H and O–H groups in total. The van der Waals surface area contributed by atoms with Crippen LogP contribution >= 0.6 is 27.5 Å². The zero-order chi connectivity index (χ0) is 22.0. The molecule has 160 valence electrons. The molecule has 4 nitrogen and oxygen atoms in total. The van der Waals surface area contributed by atoms with Crippen LogP contribution in [0.15, 0.2) is 70.1 Å². The molecular weight excluding hydrogens is 483 g/mol. The highest BCUT2D eigenvalue weighted by molar-refractivity contribution is 9.10. The van der Waals surface area contributed by atoms with Crippen molar-refractivity contribution in [2.45, 2.75) is 25.6 Å². The number of phenols is 1. The number of hydrogen-bond donors (Lipinski definition) is 2. The summed E-state index contributed by atoms with van der Waals surface area (Å²) in [5, 5.41) is 15.0. The van der Waals surface area contributed by atoms with E-state index in [4.69, 9.17) is 21.3 Å². The van der Waals surface area contributed by atoms with Gasteiger partial charge in [-0.05, 0) is 64.3 Å². The molecular formula is C24H21BrClFN2O2. The van der Waals surface area contributed by atoms with Crippen molar-refractivity contribution in [3.63, 3.8) is 0 Å². The van der Waals surface area contributed by atoms with Crippen molar-refractivity contribution < 1.29 is 14.2 Å². The van der Waals surface area contributed by atoms with Crippen molar-refractivity contribution in [2.75, 3.05) is 6.61 Å². The van der Waals surface area contributed by atoms with Gasteiger partial charge in [0.15, 0.2) is 11.5 Å². The average Bonchev–Trinajstić information content (AvgIpc) is 2.77. The smallest absolute Gasteiger partial charge is 0.162 e. The van der Waals surface area contributed by atoms with Crippen LogP contribution in [0.3, 0.4) is 0 Å². The number of benzene rings is 3. The number of para-hydroxylation sites is 1. The largest absolute Gasteiger partial charge is 0.504 e. The summed E-state index contributed by atoms with van der Waals surface area (Å²) >= 11 is 9.32. The van der Waals surface area contributed by atoms with Crippen LogP contribution in [-0.4, -0.2) is 17.4 Å². The SMILES string of the molecule is CCOc1cccc([C@@H]2CC(c3ccc(Cl)cc3)=N[C@H](c3ccc(F)c(Br)c3)N2)c1O. The summed E-state index contributed by atoms with van der Waals surface area (Å²) in [7, 11) is 0. The molecule has 4 rings (SSSR count). The van der Waals surface area contributed by atoms with E-state index in [9.17, 15) is 9.50 Å². The van der Waals surface area contributed by atoms with Gasteiger partial charge in [0.25, 0.3) is 0 Å². The minimum Gasteiger partial charge on any atom is -0.504 e. The lowest BCUT2D eigenvalue weighted by Gasteiger charge is -2.31. The minimum atomic E-state index is -0.420. The van der Waals surface area contributed by atoms with Crippen LogP contribution in [0.4, 0.5) is 4.39 Å². The van der Waals surface area contributed by atoms with Gasteiger partial charge in [0, 0.05) is 28.8 Å². The van der Waals surface area contributed by atoms with E-state index in [0.717, 1.165) is 22.4 Å². The van der Waals surface area contributed by atoms with E-state index in [1.54, 1.807) is 18.2 Å². The van der Waals surface area contributed by atoms with E-state index in [-0.39, 0.29) is 17.6 Å². The molecule has 0 fully saturated rings. The molecule has 7 heteroatoms. The zero-order valence-corrected chi connectivity index (χ0v) is 19.1. The van der Waals surface area contributed by atoms with Crippen LogP contribution in [0.1, 0.15) is 42.2 Å². The highest BCUT2D eigenvalue weighted by Gasteiger charge is 2.29. The quantitative estimate of drug-likeness (QED) is 0.414. The fraction of sp³-hybridized carbons (Fsp3) is 0.208. The first-order valence-corrected chi connectivity index (χ1v) is 11.1. The second kappa shape index (κ2) is 9.39. The first-order chi connectivity index (χ1) is 15.0. The zero-order valence-electron chi connectivity index (χ0n) is 16.8. The third-order valence-corrected chi connectivity index (χ3v) is 6.04. The highest BCUT2D eigenvalue weighted by atomic mass is 79.9. The van der Waals surface area contributed by atoms with Crippen LogP contribution in [0.5, 0.6) is 11.5 Å². The first kappa shape index (κ1) is 21.8. The molecule has 1 aliphatic rings. The minimum absolute atomic E-state index is 0.109. The predicted octanol–water partition coefficient (Wildman–Crippen LogP) is 6.57. The Hall–Kier alpha value is -2.41. The Bertz CT molecular complexity index is 1120. The fourth-order valence-electron chi connectivity index (χ4n) is 3.67. The molecule has 1 heterocycles. The summed E-state index contributed by atoms with van der Waals surface area (Å²) in [6, 6.07) is 17.6. The molecule has 1 aliphatic heterocycles. The molecule has 3 aromatic carbocycles. The average molecular weight is 504 g/mol. The maximum absolute atomic E-state index is 13.8. The molecule has 0 saturated heterocycles. The normalized spacial score (nSPS) is 18.5. The standard InChI is InChI=1S/C24H21BrClFN2O2/c1-2-31-22-5-3-4-17(23(22)30)21-13-20(14-6-9-16(26)10-7-14)28-24(29-21)15-8-11-19(27)18(25)12-15/h3-12,21,24,29-30H,2,13H2,1H3/t21-,24-/m0/s1. The van der Waals surface area contributed by atoms with E-state index in [2.05, 4.69) is 21.2 Å². The van der Waals surface area contributed by atoms with Crippen LogP contribution in [0.2, 0.25) is 5.02 Å². The van der Waals surface area contributed by atoms with Crippen molar-refractivity contribution in [2.24, 2.45) is 4.99 Å². The highest BCUT2D eigenvalue weighted by Crippen LogP contribution is 2.39. The monoisotopic (exact) mass is 502 g/mol. The fourth-order valence-corrected chi connectivity index (χ4v) is 4.19. The van der Waals surface area contributed by atoms with E-state index >= 15 is 0 Å². The van der Waals surface area contributed by atoms with Crippen molar-refractivity contribution in [1.29, 1.82) is 0 Å². The summed E-state index contributed by atoms with van der Waals surface area (Å²) < 4.78 is 19.7. The molecule has 0 aromatic heterocycles. The number of phenolic OH excluding ortho intramolecular Hbond substituents is 1. The van der Waals surface area contributed by atoms with Crippen LogP contribution in [0, 0.1) is 5.82 Å². The summed E-state index contributed by atoms with van der Waals surface area (Å²) in [5.74, 6) is 0.219. The third-order valence-electron chi connectivity index (χ3n) is 5.18. The molecule has 0 unspecified atom stereocenters. The maximum Gasteiger partial charge on any atom is 0.162 e. The number of aromatic hydroxyl groups is 1. The molecule has 3 aromatic rings. The first-order valence-electron chi connectivity index (χ1n) is 9.94. The number of aliphatic imine (C=N–C) groups is 1. The molecule has 0 radical (unpaired) electrons. The molecule has 0 saturated carbocycles. The number of ether oxygens (including phenoxy) is 1. The summed E-state index contributed by atoms with van der Waals surface area (Å²) in [6.07, 6.45) is 0.139. The number of nitrogens with zero attached hydrogens (tertiary/aromatic N) is 1. The Balaban J connectivity index is 1.76. The number of hydrogen-bond acceptors (Lipinski definition) is 4. The van der Waals surface area contributed by atoms with Gasteiger partial charge in [0.2, 0.25) is 0 Å². The van der Waals surface area contributed by atoms with Crippen LogP contribution < -0.4 is 10.1 Å². The molecule has 0 spiro atoms. The van der Waals surface area contributed by atoms with Crippen molar-refractivity contribution in [1.82, 2.24) is 5.32 Å². The summed E-state index contributed by atoms with van der Waals surface area (Å²) in [6.45, 7) is 2.33. The van der Waals surface area contributed by atoms with Gasteiger partial charge in [0.1, 0.15) is 12.0 Å². The molecule has 2 atom stereocenters. The van der Waals surface area contributed by atoms with Gasteiger partial charge in [-0.1, -0.05) is 41.9 Å². The Kier molecular flexibility index (Phi) is 6.60. The lowest BCUT2D eigenvalue weighted by Crippen LogP contribution is -2.33. The van der Waals surface area contributed by atoms with Gasteiger partial charge in [-0.3, -0.25) is 10.3 Å². The number of halogens is 3. The van der Waals surface area contributed by atoms with Gasteiger partial charge in [-0.15, -0.1) is 0 Å². The Morgan fingerprint density at radius 2 is 1.97 bits per heavy atom. The van der Waals surface area contributed by atoms with Gasteiger partial charge >= 0.3 is 0 Å². The van der Waals surface area contributed by atoms with E-state index in [1.807, 2.05) is 43.3 Å². The molecule has 0 bridgehead atoms. The maximum atomic E-state index is 13.8. The topological polar surface area (TPSA) is 53.8 Å². The van der Waals surface area contributed by atoms with Gasteiger partial charge in [0.05, 0.1) is 11.1 Å². The van der Waals surface area contributed by atoms with Crippen LogP contribution in [-0.2, 0) is 0 Å².